The number of fused-ring (bicyclic) bond motifs is 1. The number of aryl methyl sites for hydroxylation is 2. The van der Waals surface area contributed by atoms with Crippen LogP contribution in [0.4, 0.5) is 0 Å². The number of hydrogen-bond acceptors (Lipinski definition) is 6. The van der Waals surface area contributed by atoms with Crippen LogP contribution in [0.5, 0.6) is 0 Å². The van der Waals surface area contributed by atoms with Crippen molar-refractivity contribution in [2.24, 2.45) is 0 Å². The molecule has 0 fully saturated rings. The van der Waals surface area contributed by atoms with Gasteiger partial charge in [-0.25, -0.2) is 4.98 Å². The molecule has 0 unspecified atom stereocenters. The molecule has 146 valence electrons. The molecule has 0 aliphatic carbocycles. The zero-order chi connectivity index (χ0) is 20.5. The summed E-state index contributed by atoms with van der Waals surface area (Å²) in [6, 6.07) is 7.91. The van der Waals surface area contributed by atoms with Crippen LogP contribution in [0.1, 0.15) is 40.5 Å². The third-order valence-electron chi connectivity index (χ3n) is 4.75. The quantitative estimate of drug-likeness (QED) is 0.554. The number of benzene rings is 1. The molecule has 1 amide bonds. The third-order valence-corrected chi connectivity index (χ3v) is 4.75. The number of hydrogen-bond donors (Lipinski definition) is 2. The number of aromatic amines is 1. The van der Waals surface area contributed by atoms with E-state index in [9.17, 15) is 9.59 Å². The number of aromatic nitrogens is 4. The first-order valence-electron chi connectivity index (χ1n) is 9.11. The van der Waals surface area contributed by atoms with Gasteiger partial charge in [-0.2, -0.15) is 5.10 Å². The largest absolute Gasteiger partial charge is 0.451 e. The first-order valence-corrected chi connectivity index (χ1v) is 9.11. The molecule has 3 aromatic heterocycles. The van der Waals surface area contributed by atoms with Crippen LogP contribution >= 0.6 is 0 Å². The average molecular weight is 389 g/mol. The lowest BCUT2D eigenvalue weighted by atomic mass is 10.1. The summed E-state index contributed by atoms with van der Waals surface area (Å²) < 4.78 is 5.68. The highest BCUT2D eigenvalue weighted by Crippen LogP contribution is 2.19. The Labute approximate surface area is 166 Å². The second-order valence-corrected chi connectivity index (χ2v) is 6.89. The lowest BCUT2D eigenvalue weighted by Gasteiger charge is -2.11. The highest BCUT2D eigenvalue weighted by molar-refractivity contribution is 5.93. The summed E-state index contributed by atoms with van der Waals surface area (Å²) >= 11 is 0. The molecule has 0 aliphatic rings. The molecule has 8 heteroatoms. The van der Waals surface area contributed by atoms with Crippen molar-refractivity contribution in [3.63, 3.8) is 0 Å². The first kappa shape index (κ1) is 18.5. The summed E-state index contributed by atoms with van der Waals surface area (Å²) in [5, 5.41) is 10.2. The van der Waals surface area contributed by atoms with Crippen LogP contribution in [0.3, 0.4) is 0 Å². The Morgan fingerprint density at radius 2 is 2.00 bits per heavy atom. The smallest absolute Gasteiger partial charge is 0.287 e. The van der Waals surface area contributed by atoms with Gasteiger partial charge in [0.2, 0.25) is 0 Å². The highest BCUT2D eigenvalue weighted by atomic mass is 16.3. The number of carbonyl (C=O) groups is 1. The first-order chi connectivity index (χ1) is 13.9. The monoisotopic (exact) mass is 389 g/mol. The van der Waals surface area contributed by atoms with E-state index in [2.05, 4.69) is 25.5 Å². The Hall–Kier alpha value is -3.81. The molecule has 4 aromatic rings. The fourth-order valence-electron chi connectivity index (χ4n) is 2.95. The molecule has 0 spiro atoms. The van der Waals surface area contributed by atoms with E-state index in [0.29, 0.717) is 22.6 Å². The standard InChI is InChI=1S/C21H19N5O3/c1-11-7-15-16(27)9-18(29-17(15)8-12(11)2)21(28)23-13(3)19-24-20(26-25-19)14-5-4-6-22-10-14/h4-10,13H,1-3H3,(H,23,28)(H,24,25,26)/t13-/m0/s1. The fraction of sp³-hybridized carbons (Fsp3) is 0.190. The van der Waals surface area contributed by atoms with Crippen molar-refractivity contribution in [1.82, 2.24) is 25.5 Å². The average Bonchev–Trinajstić information content (AvgIpc) is 3.20. The number of rotatable bonds is 4. The van der Waals surface area contributed by atoms with Crippen LogP contribution in [-0.4, -0.2) is 26.1 Å². The van der Waals surface area contributed by atoms with Crippen molar-refractivity contribution in [2.45, 2.75) is 26.8 Å². The van der Waals surface area contributed by atoms with Gasteiger partial charge in [0.1, 0.15) is 11.4 Å². The van der Waals surface area contributed by atoms with E-state index < -0.39 is 11.9 Å². The van der Waals surface area contributed by atoms with Crippen molar-refractivity contribution in [2.75, 3.05) is 0 Å². The second-order valence-electron chi connectivity index (χ2n) is 6.89. The molecule has 0 bridgehead atoms. The van der Waals surface area contributed by atoms with Gasteiger partial charge in [-0.1, -0.05) is 0 Å². The summed E-state index contributed by atoms with van der Waals surface area (Å²) in [5.41, 5.74) is 2.86. The maximum absolute atomic E-state index is 12.6. The topological polar surface area (TPSA) is 114 Å². The SMILES string of the molecule is Cc1cc2oc(C(=O)N[C@@H](C)c3nc(-c4cccnc4)n[nH]3)cc(=O)c2cc1C. The number of amides is 1. The number of nitrogens with one attached hydrogen (secondary N) is 2. The van der Waals surface area contributed by atoms with Gasteiger partial charge >= 0.3 is 0 Å². The van der Waals surface area contributed by atoms with Crippen LogP contribution < -0.4 is 10.7 Å². The molecule has 0 aliphatic heterocycles. The van der Waals surface area contributed by atoms with Crippen molar-refractivity contribution in [1.29, 1.82) is 0 Å². The van der Waals surface area contributed by atoms with Crippen LogP contribution in [-0.2, 0) is 0 Å². The highest BCUT2D eigenvalue weighted by Gasteiger charge is 2.19. The minimum atomic E-state index is -0.506. The summed E-state index contributed by atoms with van der Waals surface area (Å²) in [7, 11) is 0. The van der Waals surface area contributed by atoms with Crippen LogP contribution in [0.2, 0.25) is 0 Å². The summed E-state index contributed by atoms with van der Waals surface area (Å²) in [6.07, 6.45) is 3.32. The maximum atomic E-state index is 12.6. The van der Waals surface area contributed by atoms with E-state index in [1.807, 2.05) is 19.9 Å². The van der Waals surface area contributed by atoms with E-state index in [-0.39, 0.29) is 11.2 Å². The maximum Gasteiger partial charge on any atom is 0.287 e. The molecule has 1 atom stereocenters. The van der Waals surface area contributed by atoms with Gasteiger partial charge in [-0.3, -0.25) is 19.7 Å². The summed E-state index contributed by atoms with van der Waals surface area (Å²) in [5.74, 6) is 0.405. The molecular weight excluding hydrogens is 370 g/mol. The molecular formula is C21H19N5O3. The van der Waals surface area contributed by atoms with Gasteiger partial charge < -0.3 is 9.73 Å². The van der Waals surface area contributed by atoms with Gasteiger partial charge in [0, 0.05) is 24.0 Å². The molecule has 1 aromatic carbocycles. The Morgan fingerprint density at radius 1 is 1.21 bits per heavy atom. The zero-order valence-corrected chi connectivity index (χ0v) is 16.2. The number of nitrogens with zero attached hydrogens (tertiary/aromatic N) is 3. The normalized spacial score (nSPS) is 12.1. The van der Waals surface area contributed by atoms with Crippen molar-refractivity contribution in [3.8, 4) is 11.4 Å². The lowest BCUT2D eigenvalue weighted by molar-refractivity contribution is 0.0911. The van der Waals surface area contributed by atoms with E-state index in [0.717, 1.165) is 16.7 Å². The number of H-pyrrole nitrogens is 1. The van der Waals surface area contributed by atoms with Crippen LogP contribution in [0, 0.1) is 13.8 Å². The summed E-state index contributed by atoms with van der Waals surface area (Å²) in [4.78, 5) is 33.5. The predicted molar refractivity (Wildman–Crippen MR) is 107 cm³/mol. The number of carbonyl (C=O) groups excluding carboxylic acids is 1. The van der Waals surface area contributed by atoms with Gasteiger partial charge in [0.05, 0.1) is 11.4 Å². The molecule has 2 N–H and O–H groups in total. The molecule has 3 heterocycles. The second kappa shape index (κ2) is 7.31. The van der Waals surface area contributed by atoms with E-state index in [1.165, 1.54) is 6.07 Å². The molecule has 29 heavy (non-hydrogen) atoms. The van der Waals surface area contributed by atoms with E-state index >= 15 is 0 Å². The predicted octanol–water partition coefficient (Wildman–Crippen LogP) is 3.08. The van der Waals surface area contributed by atoms with Crippen LogP contribution in [0.15, 0.2) is 51.9 Å². The minimum Gasteiger partial charge on any atom is -0.451 e. The fourth-order valence-corrected chi connectivity index (χ4v) is 2.95. The molecule has 0 saturated heterocycles. The zero-order valence-electron chi connectivity index (χ0n) is 16.2. The van der Waals surface area contributed by atoms with Crippen molar-refractivity contribution < 1.29 is 9.21 Å². The Kier molecular flexibility index (Phi) is 4.67. The van der Waals surface area contributed by atoms with E-state index in [4.69, 9.17) is 4.42 Å². The molecule has 8 nitrogen and oxygen atoms in total. The van der Waals surface area contributed by atoms with E-state index in [1.54, 1.807) is 37.5 Å². The Balaban J connectivity index is 1.57. The summed E-state index contributed by atoms with van der Waals surface area (Å²) in [6.45, 7) is 5.61. The van der Waals surface area contributed by atoms with Gasteiger partial charge in [0.25, 0.3) is 5.91 Å². The Morgan fingerprint density at radius 3 is 2.76 bits per heavy atom. The van der Waals surface area contributed by atoms with Crippen molar-refractivity contribution in [3.05, 3.63) is 75.7 Å². The molecule has 4 rings (SSSR count). The lowest BCUT2D eigenvalue weighted by Crippen LogP contribution is -2.28. The minimum absolute atomic E-state index is 0.0513. The molecule has 0 radical (unpaired) electrons. The van der Waals surface area contributed by atoms with Gasteiger partial charge in [0.15, 0.2) is 17.0 Å². The van der Waals surface area contributed by atoms with Gasteiger partial charge in [-0.15, -0.1) is 0 Å². The molecule has 0 saturated carbocycles. The Bertz CT molecular complexity index is 1260. The third kappa shape index (κ3) is 3.64. The van der Waals surface area contributed by atoms with Crippen LogP contribution in [0.25, 0.3) is 22.4 Å². The van der Waals surface area contributed by atoms with Crippen molar-refractivity contribution >= 4 is 16.9 Å². The van der Waals surface area contributed by atoms with Gasteiger partial charge in [-0.05, 0) is 56.2 Å². The number of pyridine rings is 1.